The molecule has 0 spiro atoms. The van der Waals surface area contributed by atoms with Crippen LogP contribution in [0, 0.1) is 0 Å². The monoisotopic (exact) mass is 380 g/mol. The molecular formula is C18H18F2N2O5. The molecule has 9 heteroatoms. The Hall–Kier alpha value is -3.10. The molecule has 1 aromatic carbocycles. The van der Waals surface area contributed by atoms with Gasteiger partial charge in [0.05, 0.1) is 24.5 Å². The Balaban J connectivity index is 1.72. The molecule has 1 aromatic heterocycles. The summed E-state index contributed by atoms with van der Waals surface area (Å²) < 4.78 is 39.9. The number of furan rings is 1. The van der Waals surface area contributed by atoms with Gasteiger partial charge in [0.2, 0.25) is 0 Å². The van der Waals surface area contributed by atoms with Crippen LogP contribution in [0.15, 0.2) is 41.2 Å². The lowest BCUT2D eigenvalue weighted by Crippen LogP contribution is -2.50. The number of hydrogen-bond donors (Lipinski definition) is 0. The lowest BCUT2D eigenvalue weighted by molar-refractivity contribution is -0.0517. The molecule has 0 aliphatic carbocycles. The molecule has 27 heavy (non-hydrogen) atoms. The van der Waals surface area contributed by atoms with Crippen molar-refractivity contribution in [1.82, 2.24) is 9.80 Å². The van der Waals surface area contributed by atoms with Crippen molar-refractivity contribution in [1.29, 1.82) is 0 Å². The summed E-state index contributed by atoms with van der Waals surface area (Å²) in [6, 6.07) is 5.95. The van der Waals surface area contributed by atoms with Crippen LogP contribution in [0.4, 0.5) is 8.78 Å². The van der Waals surface area contributed by atoms with Crippen molar-refractivity contribution in [2.75, 3.05) is 33.3 Å². The van der Waals surface area contributed by atoms with Crippen molar-refractivity contribution in [2.45, 2.75) is 6.61 Å². The molecule has 1 fully saturated rings. The number of amides is 2. The Morgan fingerprint density at radius 1 is 1.07 bits per heavy atom. The van der Waals surface area contributed by atoms with Gasteiger partial charge in [-0.15, -0.1) is 0 Å². The molecule has 3 rings (SSSR count). The summed E-state index contributed by atoms with van der Waals surface area (Å²) in [5, 5.41) is 0. The van der Waals surface area contributed by atoms with Crippen molar-refractivity contribution < 1.29 is 32.3 Å². The van der Waals surface area contributed by atoms with Crippen LogP contribution >= 0.6 is 0 Å². The summed E-state index contributed by atoms with van der Waals surface area (Å²) in [5.74, 6) is -0.884. The number of hydrogen-bond acceptors (Lipinski definition) is 5. The zero-order chi connectivity index (χ0) is 19.4. The Kier molecular flexibility index (Phi) is 5.58. The number of carbonyl (C=O) groups excluding carboxylic acids is 2. The third kappa shape index (κ3) is 4.02. The molecule has 0 unspecified atom stereocenters. The summed E-state index contributed by atoms with van der Waals surface area (Å²) >= 11 is 0. The van der Waals surface area contributed by atoms with Gasteiger partial charge >= 0.3 is 6.61 Å². The molecule has 0 saturated carbocycles. The predicted molar refractivity (Wildman–Crippen MR) is 90.1 cm³/mol. The van der Waals surface area contributed by atoms with Gasteiger partial charge in [-0.1, -0.05) is 6.07 Å². The fraction of sp³-hybridized carbons (Fsp3) is 0.333. The van der Waals surface area contributed by atoms with Crippen molar-refractivity contribution in [3.05, 3.63) is 47.9 Å². The number of ether oxygens (including phenoxy) is 2. The first-order valence-electron chi connectivity index (χ1n) is 8.24. The molecule has 0 N–H and O–H groups in total. The van der Waals surface area contributed by atoms with E-state index in [2.05, 4.69) is 4.74 Å². The summed E-state index contributed by atoms with van der Waals surface area (Å²) in [6.07, 6.45) is 2.78. The molecule has 1 aliphatic rings. The summed E-state index contributed by atoms with van der Waals surface area (Å²) in [4.78, 5) is 28.2. The standard InChI is InChI=1S/C18H18F2N2O5/c1-25-14-4-2-3-13(15(14)27-18(19)20)17(24)22-8-6-21(7-9-22)16(23)12-5-10-26-11-12/h2-5,10-11,18H,6-9H2,1H3. The van der Waals surface area contributed by atoms with Crippen LogP contribution in [0.3, 0.4) is 0 Å². The van der Waals surface area contributed by atoms with Gasteiger partial charge in [-0.05, 0) is 18.2 Å². The normalized spacial score (nSPS) is 14.4. The fourth-order valence-electron chi connectivity index (χ4n) is 2.91. The van der Waals surface area contributed by atoms with Crippen molar-refractivity contribution >= 4 is 11.8 Å². The number of rotatable bonds is 5. The predicted octanol–water partition coefficient (Wildman–Crippen LogP) is 2.49. The number of methoxy groups -OCH3 is 1. The van der Waals surface area contributed by atoms with E-state index in [1.165, 1.54) is 42.7 Å². The van der Waals surface area contributed by atoms with Gasteiger partial charge in [0.25, 0.3) is 11.8 Å². The number of benzene rings is 1. The van der Waals surface area contributed by atoms with Crippen LogP contribution < -0.4 is 9.47 Å². The molecule has 2 aromatic rings. The van der Waals surface area contributed by atoms with E-state index in [0.29, 0.717) is 18.7 Å². The smallest absolute Gasteiger partial charge is 0.387 e. The molecule has 7 nitrogen and oxygen atoms in total. The lowest BCUT2D eigenvalue weighted by Gasteiger charge is -2.34. The lowest BCUT2D eigenvalue weighted by atomic mass is 10.1. The van der Waals surface area contributed by atoms with Crippen molar-refractivity contribution in [2.24, 2.45) is 0 Å². The molecule has 1 aliphatic heterocycles. The highest BCUT2D eigenvalue weighted by molar-refractivity contribution is 5.98. The maximum atomic E-state index is 12.8. The number of halogens is 2. The Morgan fingerprint density at radius 3 is 2.30 bits per heavy atom. The quantitative estimate of drug-likeness (QED) is 0.797. The SMILES string of the molecule is COc1cccc(C(=O)N2CCN(C(=O)c3ccoc3)CC2)c1OC(F)F. The van der Waals surface area contributed by atoms with Gasteiger partial charge in [-0.25, -0.2) is 0 Å². The van der Waals surface area contributed by atoms with E-state index in [1.54, 1.807) is 11.0 Å². The zero-order valence-corrected chi connectivity index (χ0v) is 14.6. The minimum absolute atomic E-state index is 0.00994. The highest BCUT2D eigenvalue weighted by Crippen LogP contribution is 2.33. The maximum absolute atomic E-state index is 12.8. The van der Waals surface area contributed by atoms with E-state index in [0.717, 1.165) is 0 Å². The number of para-hydroxylation sites is 1. The Bertz CT molecular complexity index is 802. The van der Waals surface area contributed by atoms with Crippen molar-refractivity contribution in [3.8, 4) is 11.5 Å². The number of nitrogens with zero attached hydrogens (tertiary/aromatic N) is 2. The molecule has 0 atom stereocenters. The van der Waals surface area contributed by atoms with E-state index >= 15 is 0 Å². The van der Waals surface area contributed by atoms with Crippen LogP contribution in [0.25, 0.3) is 0 Å². The van der Waals surface area contributed by atoms with E-state index in [4.69, 9.17) is 9.15 Å². The minimum Gasteiger partial charge on any atom is -0.493 e. The van der Waals surface area contributed by atoms with Gasteiger partial charge in [0.1, 0.15) is 6.26 Å². The molecule has 144 valence electrons. The molecular weight excluding hydrogens is 362 g/mol. The van der Waals surface area contributed by atoms with E-state index in [-0.39, 0.29) is 36.1 Å². The van der Waals surface area contributed by atoms with Crippen molar-refractivity contribution in [3.63, 3.8) is 0 Å². The van der Waals surface area contributed by atoms with Gasteiger partial charge < -0.3 is 23.7 Å². The number of alkyl halides is 2. The Labute approximate surface area is 154 Å². The summed E-state index contributed by atoms with van der Waals surface area (Å²) in [6.45, 7) is -1.89. The largest absolute Gasteiger partial charge is 0.493 e. The van der Waals surface area contributed by atoms with Gasteiger partial charge in [-0.2, -0.15) is 8.78 Å². The van der Waals surface area contributed by atoms with E-state index in [9.17, 15) is 18.4 Å². The number of carbonyl (C=O) groups is 2. The molecule has 0 radical (unpaired) electrons. The van der Waals surface area contributed by atoms with Crippen LogP contribution in [-0.2, 0) is 0 Å². The first kappa shape index (κ1) is 18.7. The molecule has 2 heterocycles. The highest BCUT2D eigenvalue weighted by atomic mass is 19.3. The second-order valence-electron chi connectivity index (χ2n) is 5.81. The van der Waals surface area contributed by atoms with E-state index < -0.39 is 12.5 Å². The highest BCUT2D eigenvalue weighted by Gasteiger charge is 2.29. The van der Waals surface area contributed by atoms with Crippen LogP contribution in [-0.4, -0.2) is 61.5 Å². The summed E-state index contributed by atoms with van der Waals surface area (Å²) in [7, 11) is 1.31. The van der Waals surface area contributed by atoms with Crippen LogP contribution in [0.1, 0.15) is 20.7 Å². The second kappa shape index (κ2) is 8.07. The maximum Gasteiger partial charge on any atom is 0.387 e. The molecule has 2 amide bonds. The van der Waals surface area contributed by atoms with Gasteiger partial charge in [0.15, 0.2) is 11.5 Å². The first-order chi connectivity index (χ1) is 13.0. The van der Waals surface area contributed by atoms with Crippen LogP contribution in [0.5, 0.6) is 11.5 Å². The van der Waals surface area contributed by atoms with Crippen LogP contribution in [0.2, 0.25) is 0 Å². The average molecular weight is 380 g/mol. The fourth-order valence-corrected chi connectivity index (χ4v) is 2.91. The summed E-state index contributed by atoms with van der Waals surface area (Å²) in [5.41, 5.74) is 0.430. The molecule has 0 bridgehead atoms. The second-order valence-corrected chi connectivity index (χ2v) is 5.81. The van der Waals surface area contributed by atoms with E-state index in [1.807, 2.05) is 0 Å². The third-order valence-corrected chi connectivity index (χ3v) is 4.26. The Morgan fingerprint density at radius 2 is 1.74 bits per heavy atom. The first-order valence-corrected chi connectivity index (χ1v) is 8.24. The third-order valence-electron chi connectivity index (χ3n) is 4.26. The molecule has 1 saturated heterocycles. The van der Waals surface area contributed by atoms with Gasteiger partial charge in [0, 0.05) is 26.2 Å². The number of piperazine rings is 1. The zero-order valence-electron chi connectivity index (χ0n) is 14.6. The average Bonchev–Trinajstić information content (AvgIpc) is 3.21. The minimum atomic E-state index is -3.09. The topological polar surface area (TPSA) is 72.2 Å². The van der Waals surface area contributed by atoms with Gasteiger partial charge in [-0.3, -0.25) is 9.59 Å².